The summed E-state index contributed by atoms with van der Waals surface area (Å²) in [4.78, 5) is 0. The Bertz CT molecular complexity index is 54.5. The van der Waals surface area contributed by atoms with Crippen molar-refractivity contribution < 1.29 is 4.74 Å². The van der Waals surface area contributed by atoms with Gasteiger partial charge in [-0.05, 0) is 17.3 Å². The molecule has 8 heavy (non-hydrogen) atoms. The topological polar surface area (TPSA) is 9.23 Å². The summed E-state index contributed by atoms with van der Waals surface area (Å²) in [5, 5.41) is 0. The van der Waals surface area contributed by atoms with E-state index in [1.165, 1.54) is 17.1 Å². The molecule has 0 bridgehead atoms. The number of unbranched alkanes of at least 4 members (excludes halogenated alkanes) is 1. The smallest absolute Gasteiger partial charge is 0.0873 e. The van der Waals surface area contributed by atoms with Crippen LogP contribution < -0.4 is 0 Å². The molecule has 0 spiro atoms. The molecule has 0 N–H and O–H groups in total. The number of rotatable bonds is 5. The third kappa shape index (κ3) is 6.27. The molecule has 0 saturated heterocycles. The number of ether oxygens (including phenoxy) is 1. The van der Waals surface area contributed by atoms with Gasteiger partial charge in [0.15, 0.2) is 0 Å². The van der Waals surface area contributed by atoms with Gasteiger partial charge in [0.05, 0.1) is 12.9 Å². The first kappa shape index (κ1) is 8.27. The van der Waals surface area contributed by atoms with Crippen molar-refractivity contribution >= 4 is 22.6 Å². The van der Waals surface area contributed by atoms with Gasteiger partial charge in [-0.15, -0.1) is 0 Å². The van der Waals surface area contributed by atoms with Crippen molar-refractivity contribution in [1.29, 1.82) is 0 Å². The van der Waals surface area contributed by atoms with Gasteiger partial charge in [0.1, 0.15) is 0 Å². The Labute approximate surface area is 64.2 Å². The minimum absolute atomic E-state index is 0.826. The Morgan fingerprint density at radius 1 is 1.50 bits per heavy atom. The van der Waals surface area contributed by atoms with Gasteiger partial charge in [0.2, 0.25) is 0 Å². The molecule has 0 aromatic heterocycles. The van der Waals surface area contributed by atoms with Gasteiger partial charge in [-0.2, -0.15) is 0 Å². The van der Waals surface area contributed by atoms with Gasteiger partial charge in [0, 0.05) is 0 Å². The normalized spacial score (nSPS) is 8.62. The van der Waals surface area contributed by atoms with Crippen LogP contribution in [0.4, 0.5) is 0 Å². The largest absolute Gasteiger partial charge is 0.502 e. The summed E-state index contributed by atoms with van der Waals surface area (Å²) in [5.41, 5.74) is 0. The van der Waals surface area contributed by atoms with Crippen LogP contribution in [0.2, 0.25) is 0 Å². The maximum atomic E-state index is 4.90. The second kappa shape index (κ2) is 7.27. The SMILES string of the molecule is C=COCCCCI. The van der Waals surface area contributed by atoms with Gasteiger partial charge in [0.25, 0.3) is 0 Å². The minimum atomic E-state index is 0.826. The van der Waals surface area contributed by atoms with Crippen LogP contribution in [-0.2, 0) is 4.74 Å². The molecule has 0 fully saturated rings. The third-order valence-electron chi connectivity index (χ3n) is 0.764. The van der Waals surface area contributed by atoms with E-state index in [-0.39, 0.29) is 0 Å². The molecule has 0 atom stereocenters. The Hall–Kier alpha value is 0.270. The fourth-order valence-electron chi connectivity index (χ4n) is 0.363. The summed E-state index contributed by atoms with van der Waals surface area (Å²) in [5.74, 6) is 0. The molecule has 0 aliphatic heterocycles. The summed E-state index contributed by atoms with van der Waals surface area (Å²) >= 11 is 2.36. The van der Waals surface area contributed by atoms with E-state index in [1.54, 1.807) is 0 Å². The molecule has 0 aromatic rings. The van der Waals surface area contributed by atoms with Gasteiger partial charge >= 0.3 is 0 Å². The number of hydrogen-bond acceptors (Lipinski definition) is 1. The molecular formula is C6H11IO. The summed E-state index contributed by atoms with van der Waals surface area (Å²) in [6, 6.07) is 0. The Balaban J connectivity index is 2.62. The van der Waals surface area contributed by atoms with E-state index in [0.717, 1.165) is 13.0 Å². The first-order valence-corrected chi connectivity index (χ1v) is 4.23. The highest BCUT2D eigenvalue weighted by molar-refractivity contribution is 14.1. The van der Waals surface area contributed by atoms with Crippen LogP contribution >= 0.6 is 22.6 Å². The summed E-state index contributed by atoms with van der Waals surface area (Å²) in [7, 11) is 0. The minimum Gasteiger partial charge on any atom is -0.502 e. The van der Waals surface area contributed by atoms with E-state index < -0.39 is 0 Å². The van der Waals surface area contributed by atoms with Crippen molar-refractivity contribution in [1.82, 2.24) is 0 Å². The molecule has 0 aliphatic rings. The van der Waals surface area contributed by atoms with E-state index in [2.05, 4.69) is 29.2 Å². The molecule has 0 rings (SSSR count). The highest BCUT2D eigenvalue weighted by Crippen LogP contribution is 1.94. The van der Waals surface area contributed by atoms with Crippen molar-refractivity contribution in [2.45, 2.75) is 12.8 Å². The van der Waals surface area contributed by atoms with E-state index in [0.29, 0.717) is 0 Å². The monoisotopic (exact) mass is 226 g/mol. The van der Waals surface area contributed by atoms with Crippen LogP contribution in [0.3, 0.4) is 0 Å². The molecule has 1 nitrogen and oxygen atoms in total. The lowest BCUT2D eigenvalue weighted by Crippen LogP contribution is -1.86. The molecule has 48 valence electrons. The molecular weight excluding hydrogens is 215 g/mol. The Kier molecular flexibility index (Phi) is 7.52. The van der Waals surface area contributed by atoms with Crippen LogP contribution in [0.1, 0.15) is 12.8 Å². The quantitative estimate of drug-likeness (QED) is 0.302. The lowest BCUT2D eigenvalue weighted by Gasteiger charge is -1.95. The van der Waals surface area contributed by atoms with Crippen LogP contribution in [0.15, 0.2) is 12.8 Å². The van der Waals surface area contributed by atoms with Crippen molar-refractivity contribution in [3.05, 3.63) is 12.8 Å². The average Bonchev–Trinajstić information content (AvgIpc) is 1.81. The highest BCUT2D eigenvalue weighted by Gasteiger charge is 1.82. The van der Waals surface area contributed by atoms with E-state index in [9.17, 15) is 0 Å². The number of halogens is 1. The van der Waals surface area contributed by atoms with Gasteiger partial charge < -0.3 is 4.74 Å². The van der Waals surface area contributed by atoms with Crippen LogP contribution in [0, 0.1) is 0 Å². The van der Waals surface area contributed by atoms with Crippen LogP contribution in [0.5, 0.6) is 0 Å². The molecule has 0 amide bonds. The first-order valence-electron chi connectivity index (χ1n) is 2.70. The summed E-state index contributed by atoms with van der Waals surface area (Å²) in [6.45, 7) is 4.26. The summed E-state index contributed by atoms with van der Waals surface area (Å²) in [6.07, 6.45) is 3.89. The number of hydrogen-bond donors (Lipinski definition) is 0. The standard InChI is InChI=1S/C6H11IO/c1-2-8-6-4-3-5-7/h2H,1,3-6H2. The molecule has 0 aromatic carbocycles. The van der Waals surface area contributed by atoms with Crippen LogP contribution in [-0.4, -0.2) is 11.0 Å². The lowest BCUT2D eigenvalue weighted by atomic mass is 10.4. The molecule has 0 aliphatic carbocycles. The zero-order chi connectivity index (χ0) is 6.24. The van der Waals surface area contributed by atoms with Crippen molar-refractivity contribution in [2.24, 2.45) is 0 Å². The van der Waals surface area contributed by atoms with Crippen molar-refractivity contribution in [3.63, 3.8) is 0 Å². The average molecular weight is 226 g/mol. The third-order valence-corrected chi connectivity index (χ3v) is 1.53. The van der Waals surface area contributed by atoms with E-state index in [1.807, 2.05) is 0 Å². The lowest BCUT2D eigenvalue weighted by molar-refractivity contribution is 0.245. The van der Waals surface area contributed by atoms with Crippen LogP contribution in [0.25, 0.3) is 0 Å². The zero-order valence-corrected chi connectivity index (χ0v) is 7.06. The fraction of sp³-hybridized carbons (Fsp3) is 0.667. The Morgan fingerprint density at radius 3 is 2.75 bits per heavy atom. The van der Waals surface area contributed by atoms with Gasteiger partial charge in [-0.3, -0.25) is 0 Å². The van der Waals surface area contributed by atoms with Crippen molar-refractivity contribution in [3.8, 4) is 0 Å². The maximum absolute atomic E-state index is 4.90. The molecule has 0 heterocycles. The van der Waals surface area contributed by atoms with Gasteiger partial charge in [-0.25, -0.2) is 0 Å². The van der Waals surface area contributed by atoms with E-state index >= 15 is 0 Å². The maximum Gasteiger partial charge on any atom is 0.0873 e. The molecule has 0 saturated carbocycles. The van der Waals surface area contributed by atoms with E-state index in [4.69, 9.17) is 4.74 Å². The van der Waals surface area contributed by atoms with Crippen molar-refractivity contribution in [2.75, 3.05) is 11.0 Å². The highest BCUT2D eigenvalue weighted by atomic mass is 127. The van der Waals surface area contributed by atoms with Gasteiger partial charge in [-0.1, -0.05) is 29.2 Å². The molecule has 0 unspecified atom stereocenters. The predicted molar refractivity (Wildman–Crippen MR) is 44.3 cm³/mol. The zero-order valence-electron chi connectivity index (χ0n) is 4.90. The summed E-state index contributed by atoms with van der Waals surface area (Å²) < 4.78 is 6.12. The second-order valence-corrected chi connectivity index (χ2v) is 2.51. The number of alkyl halides is 1. The molecule has 2 heteroatoms. The predicted octanol–water partition coefficient (Wildman–Crippen LogP) is 2.36. The Morgan fingerprint density at radius 2 is 2.25 bits per heavy atom. The first-order chi connectivity index (χ1) is 3.91. The fourth-order valence-corrected chi connectivity index (χ4v) is 0.903. The second-order valence-electron chi connectivity index (χ2n) is 1.43. The molecule has 0 radical (unpaired) electrons.